The molecule has 4 nitrogen and oxygen atoms in total. The molecule has 18 heavy (non-hydrogen) atoms. The highest BCUT2D eigenvalue weighted by Gasteiger charge is 2.30. The molecule has 0 spiro atoms. The Morgan fingerprint density at radius 2 is 2.06 bits per heavy atom. The van der Waals surface area contributed by atoms with Crippen LogP contribution in [0.2, 0.25) is 0 Å². The molecule has 0 atom stereocenters. The van der Waals surface area contributed by atoms with Crippen LogP contribution in [0.1, 0.15) is 24.3 Å². The second-order valence-electron chi connectivity index (χ2n) is 4.78. The molecule has 0 bridgehead atoms. The molecular weight excluding hydrogens is 264 g/mol. The molecule has 2 N–H and O–H groups in total. The van der Waals surface area contributed by atoms with Gasteiger partial charge in [-0.1, -0.05) is 0 Å². The van der Waals surface area contributed by atoms with Crippen molar-refractivity contribution in [3.63, 3.8) is 0 Å². The van der Waals surface area contributed by atoms with Crippen molar-refractivity contribution in [2.24, 2.45) is 0 Å². The van der Waals surface area contributed by atoms with Crippen LogP contribution in [-0.2, 0) is 0 Å². The van der Waals surface area contributed by atoms with Crippen molar-refractivity contribution >= 4 is 33.8 Å². The molecular formula is C12H14N4S2. The van der Waals surface area contributed by atoms with E-state index in [1.54, 1.807) is 0 Å². The highest BCUT2D eigenvalue weighted by Crippen LogP contribution is 2.40. The predicted octanol–water partition coefficient (Wildman–Crippen LogP) is 2.41. The van der Waals surface area contributed by atoms with Crippen LogP contribution in [0.4, 0.5) is 10.7 Å². The number of anilines is 2. The lowest BCUT2D eigenvalue weighted by atomic mass is 10.1. The van der Waals surface area contributed by atoms with E-state index < -0.39 is 0 Å². The maximum atomic E-state index is 9.20. The van der Waals surface area contributed by atoms with E-state index in [4.69, 9.17) is 11.0 Å². The number of thiophene rings is 1. The predicted molar refractivity (Wildman–Crippen MR) is 76.9 cm³/mol. The summed E-state index contributed by atoms with van der Waals surface area (Å²) in [4.78, 5) is 2.62. The number of nitriles is 2. The molecule has 2 heterocycles. The lowest BCUT2D eigenvalue weighted by Gasteiger charge is -2.38. The smallest absolute Gasteiger partial charge is 0.131 e. The molecule has 6 heteroatoms. The zero-order chi connectivity index (χ0) is 13.3. The zero-order valence-corrected chi connectivity index (χ0v) is 12.0. The van der Waals surface area contributed by atoms with Gasteiger partial charge in [-0.3, -0.25) is 0 Å². The summed E-state index contributed by atoms with van der Waals surface area (Å²) in [5.41, 5.74) is 6.62. The second kappa shape index (κ2) is 4.72. The Morgan fingerprint density at radius 3 is 2.61 bits per heavy atom. The van der Waals surface area contributed by atoms with Crippen molar-refractivity contribution in [3.8, 4) is 12.1 Å². The van der Waals surface area contributed by atoms with Gasteiger partial charge in [0.05, 0.1) is 5.69 Å². The van der Waals surface area contributed by atoms with Crippen molar-refractivity contribution in [3.05, 3.63) is 10.4 Å². The van der Waals surface area contributed by atoms with Crippen LogP contribution in [-0.4, -0.2) is 23.6 Å². The summed E-state index contributed by atoms with van der Waals surface area (Å²) in [6, 6.07) is 4.19. The Labute approximate surface area is 115 Å². The number of hydrogen-bond donors (Lipinski definition) is 1. The molecule has 1 aromatic heterocycles. The summed E-state index contributed by atoms with van der Waals surface area (Å²) < 4.78 is 0.163. The summed E-state index contributed by atoms with van der Waals surface area (Å²) in [5, 5.41) is 19.1. The van der Waals surface area contributed by atoms with Gasteiger partial charge in [0, 0.05) is 23.6 Å². The van der Waals surface area contributed by atoms with Gasteiger partial charge in [0.2, 0.25) is 0 Å². The molecule has 94 valence electrons. The first-order valence-electron chi connectivity index (χ1n) is 5.60. The summed E-state index contributed by atoms with van der Waals surface area (Å²) in [6.07, 6.45) is 0. The highest BCUT2D eigenvalue weighted by atomic mass is 32.2. The second-order valence-corrected chi connectivity index (χ2v) is 7.58. The topological polar surface area (TPSA) is 76.8 Å². The van der Waals surface area contributed by atoms with Gasteiger partial charge in [-0.25, -0.2) is 0 Å². The lowest BCUT2D eigenvalue weighted by Crippen LogP contribution is -2.43. The molecule has 1 aliphatic rings. The quantitative estimate of drug-likeness (QED) is 0.853. The van der Waals surface area contributed by atoms with Crippen LogP contribution in [0.15, 0.2) is 0 Å². The van der Waals surface area contributed by atoms with Gasteiger partial charge in [-0.05, 0) is 13.8 Å². The molecule has 1 saturated heterocycles. The maximum absolute atomic E-state index is 9.20. The average Bonchev–Trinajstić information content (AvgIpc) is 2.64. The molecule has 0 radical (unpaired) electrons. The summed E-state index contributed by atoms with van der Waals surface area (Å²) in [7, 11) is 0. The third kappa shape index (κ3) is 2.27. The zero-order valence-electron chi connectivity index (χ0n) is 10.4. The number of nitrogens with zero attached hydrogens (tertiary/aromatic N) is 3. The molecule has 1 aromatic rings. The van der Waals surface area contributed by atoms with Gasteiger partial charge < -0.3 is 10.6 Å². The van der Waals surface area contributed by atoms with Crippen molar-refractivity contribution in [2.45, 2.75) is 18.6 Å². The number of rotatable bonds is 1. The Bertz CT molecular complexity index is 548. The van der Waals surface area contributed by atoms with Gasteiger partial charge in [0.15, 0.2) is 0 Å². The van der Waals surface area contributed by atoms with Crippen LogP contribution >= 0.6 is 23.1 Å². The van der Waals surface area contributed by atoms with Gasteiger partial charge in [-0.2, -0.15) is 22.3 Å². The fraction of sp³-hybridized carbons (Fsp3) is 0.500. The first-order valence-corrected chi connectivity index (χ1v) is 7.40. The van der Waals surface area contributed by atoms with Crippen LogP contribution in [0.3, 0.4) is 0 Å². The van der Waals surface area contributed by atoms with Crippen molar-refractivity contribution in [2.75, 3.05) is 29.5 Å². The lowest BCUT2D eigenvalue weighted by molar-refractivity contribution is 0.650. The number of nitrogen functional groups attached to an aromatic ring is 1. The van der Waals surface area contributed by atoms with Crippen LogP contribution < -0.4 is 10.6 Å². The van der Waals surface area contributed by atoms with Crippen molar-refractivity contribution in [1.82, 2.24) is 0 Å². The summed E-state index contributed by atoms with van der Waals surface area (Å²) in [5.74, 6) is 1.03. The summed E-state index contributed by atoms with van der Waals surface area (Å²) in [6.45, 7) is 6.15. The third-order valence-electron chi connectivity index (χ3n) is 2.85. The van der Waals surface area contributed by atoms with Crippen molar-refractivity contribution < 1.29 is 0 Å². The van der Waals surface area contributed by atoms with Crippen molar-refractivity contribution in [1.29, 1.82) is 10.5 Å². The minimum absolute atomic E-state index is 0.163. The van der Waals surface area contributed by atoms with E-state index in [1.165, 1.54) is 11.3 Å². The van der Waals surface area contributed by atoms with Gasteiger partial charge in [0.1, 0.15) is 27.6 Å². The number of hydrogen-bond acceptors (Lipinski definition) is 6. The van der Waals surface area contributed by atoms with Crippen LogP contribution in [0.25, 0.3) is 0 Å². The standard InChI is InChI=1S/C12H14N4S2/c1-12(2)7-16(3-4-17-12)11-8(5-13)10(15)9(6-14)18-11/h3-4,7,15H2,1-2H3. The van der Waals surface area contributed by atoms with E-state index in [2.05, 4.69) is 30.9 Å². The SMILES string of the molecule is CC1(C)CN(c2sc(C#N)c(N)c2C#N)CCS1. The van der Waals surface area contributed by atoms with E-state index in [1.807, 2.05) is 11.8 Å². The Morgan fingerprint density at radius 1 is 1.33 bits per heavy atom. The van der Waals surface area contributed by atoms with Gasteiger partial charge in [0.25, 0.3) is 0 Å². The monoisotopic (exact) mass is 278 g/mol. The number of nitrogens with two attached hydrogens (primary N) is 1. The van der Waals surface area contributed by atoms with Gasteiger partial charge >= 0.3 is 0 Å². The van der Waals surface area contributed by atoms with E-state index in [0.717, 1.165) is 23.8 Å². The van der Waals surface area contributed by atoms with E-state index in [-0.39, 0.29) is 4.75 Å². The number of thioether (sulfide) groups is 1. The Balaban J connectivity index is 2.40. The van der Waals surface area contributed by atoms with Gasteiger partial charge in [-0.15, -0.1) is 11.3 Å². The largest absolute Gasteiger partial charge is 0.396 e. The molecule has 0 aliphatic carbocycles. The highest BCUT2D eigenvalue weighted by molar-refractivity contribution is 8.00. The first-order chi connectivity index (χ1) is 8.48. The molecule has 1 aliphatic heterocycles. The maximum Gasteiger partial charge on any atom is 0.131 e. The Kier molecular flexibility index (Phi) is 3.43. The van der Waals surface area contributed by atoms with E-state index in [0.29, 0.717) is 16.1 Å². The fourth-order valence-corrected chi connectivity index (χ4v) is 4.14. The molecule has 0 unspecified atom stereocenters. The van der Waals surface area contributed by atoms with Crippen LogP contribution in [0.5, 0.6) is 0 Å². The average molecular weight is 278 g/mol. The summed E-state index contributed by atoms with van der Waals surface area (Å²) >= 11 is 3.26. The van der Waals surface area contributed by atoms with E-state index >= 15 is 0 Å². The van der Waals surface area contributed by atoms with E-state index in [9.17, 15) is 5.26 Å². The molecule has 0 aromatic carbocycles. The molecule has 1 fully saturated rings. The minimum atomic E-state index is 0.163. The first kappa shape index (κ1) is 13.1. The Hall–Kier alpha value is -1.37. The molecule has 0 saturated carbocycles. The molecule has 2 rings (SSSR count). The minimum Gasteiger partial charge on any atom is -0.396 e. The molecule has 0 amide bonds. The third-order valence-corrected chi connectivity index (χ3v) is 5.32. The normalized spacial score (nSPS) is 18.1. The van der Waals surface area contributed by atoms with Crippen LogP contribution in [0, 0.1) is 22.7 Å². The fourth-order valence-electron chi connectivity index (χ4n) is 2.03.